The van der Waals surface area contributed by atoms with Gasteiger partial charge in [0.25, 0.3) is 0 Å². The zero-order chi connectivity index (χ0) is 16.1. The van der Waals surface area contributed by atoms with Crippen molar-refractivity contribution in [3.05, 3.63) is 36.4 Å². The van der Waals surface area contributed by atoms with Gasteiger partial charge in [-0.2, -0.15) is 4.68 Å². The van der Waals surface area contributed by atoms with Gasteiger partial charge in [-0.25, -0.2) is 9.59 Å². The van der Waals surface area contributed by atoms with Crippen molar-refractivity contribution in [2.75, 3.05) is 37.1 Å². The number of hydrogen-bond donors (Lipinski definition) is 3. The molecule has 1 aromatic carbocycles. The molecule has 0 aliphatic carbocycles. The van der Waals surface area contributed by atoms with E-state index >= 15 is 0 Å². The van der Waals surface area contributed by atoms with Crippen molar-refractivity contribution >= 4 is 29.4 Å². The lowest BCUT2D eigenvalue weighted by Crippen LogP contribution is -2.29. The van der Waals surface area contributed by atoms with Gasteiger partial charge in [0.15, 0.2) is 5.82 Å². The van der Waals surface area contributed by atoms with Crippen LogP contribution in [-0.2, 0) is 0 Å². The monoisotopic (exact) mass is 302 g/mol. The van der Waals surface area contributed by atoms with Crippen LogP contribution >= 0.6 is 0 Å². The molecule has 3 amide bonds. The summed E-state index contributed by atoms with van der Waals surface area (Å²) in [6, 6.07) is 9.86. The zero-order valence-corrected chi connectivity index (χ0v) is 12.6. The standard InChI is InChI=1S/C14H18N6O2/c1-15-12-9-11(18-20(12)14(22)19(2)3)17-13(21)16-10-7-5-4-6-8-10/h4-9,15H,1-3H3,(H2,16,17,18,21). The van der Waals surface area contributed by atoms with Crippen LogP contribution in [0, 0.1) is 0 Å². The predicted octanol–water partition coefficient (Wildman–Crippen LogP) is 2.10. The second-order valence-electron chi connectivity index (χ2n) is 4.70. The summed E-state index contributed by atoms with van der Waals surface area (Å²) in [6.07, 6.45) is 0. The molecule has 2 rings (SSSR count). The number of para-hydroxylation sites is 1. The number of hydrogen-bond acceptors (Lipinski definition) is 4. The fourth-order valence-electron chi connectivity index (χ4n) is 1.76. The molecule has 0 unspecified atom stereocenters. The fourth-order valence-corrected chi connectivity index (χ4v) is 1.76. The van der Waals surface area contributed by atoms with E-state index in [-0.39, 0.29) is 11.8 Å². The van der Waals surface area contributed by atoms with Crippen molar-refractivity contribution in [2.45, 2.75) is 0 Å². The van der Waals surface area contributed by atoms with Gasteiger partial charge >= 0.3 is 12.1 Å². The maximum atomic E-state index is 12.0. The number of anilines is 3. The molecule has 0 saturated heterocycles. The van der Waals surface area contributed by atoms with E-state index in [1.165, 1.54) is 9.58 Å². The molecule has 8 nitrogen and oxygen atoms in total. The highest BCUT2D eigenvalue weighted by Gasteiger charge is 2.16. The highest BCUT2D eigenvalue weighted by Crippen LogP contribution is 2.15. The highest BCUT2D eigenvalue weighted by molar-refractivity contribution is 5.99. The first-order valence-electron chi connectivity index (χ1n) is 6.64. The maximum absolute atomic E-state index is 12.0. The van der Waals surface area contributed by atoms with Gasteiger partial charge in [0.05, 0.1) is 0 Å². The third-order valence-corrected chi connectivity index (χ3v) is 2.80. The van der Waals surface area contributed by atoms with Crippen molar-refractivity contribution in [3.8, 4) is 0 Å². The Morgan fingerprint density at radius 1 is 1.14 bits per heavy atom. The number of benzene rings is 1. The first-order valence-corrected chi connectivity index (χ1v) is 6.64. The number of nitrogens with one attached hydrogen (secondary N) is 3. The summed E-state index contributed by atoms with van der Waals surface area (Å²) in [5.41, 5.74) is 0.664. The average Bonchev–Trinajstić information content (AvgIpc) is 2.89. The first kappa shape index (κ1) is 15.4. The SMILES string of the molecule is CNc1cc(NC(=O)Nc2ccccc2)nn1C(=O)N(C)C. The van der Waals surface area contributed by atoms with Crippen molar-refractivity contribution in [1.82, 2.24) is 14.7 Å². The van der Waals surface area contributed by atoms with Crippen molar-refractivity contribution in [3.63, 3.8) is 0 Å². The van der Waals surface area contributed by atoms with Crippen LogP contribution in [0.15, 0.2) is 36.4 Å². The molecule has 0 saturated carbocycles. The Labute approximate surface area is 128 Å². The van der Waals surface area contributed by atoms with Crippen LogP contribution in [0.2, 0.25) is 0 Å². The Kier molecular flexibility index (Phi) is 4.62. The van der Waals surface area contributed by atoms with E-state index < -0.39 is 6.03 Å². The highest BCUT2D eigenvalue weighted by atomic mass is 16.2. The molecule has 0 radical (unpaired) electrons. The summed E-state index contributed by atoms with van der Waals surface area (Å²) in [6.45, 7) is 0. The van der Waals surface area contributed by atoms with Crippen molar-refractivity contribution in [2.24, 2.45) is 0 Å². The van der Waals surface area contributed by atoms with E-state index in [9.17, 15) is 9.59 Å². The van der Waals surface area contributed by atoms with Gasteiger partial charge in [-0.1, -0.05) is 18.2 Å². The minimum absolute atomic E-state index is 0.271. The van der Waals surface area contributed by atoms with Crippen LogP contribution in [0.4, 0.5) is 26.9 Å². The lowest BCUT2D eigenvalue weighted by Gasteiger charge is -2.11. The molecule has 1 aromatic heterocycles. The molecule has 0 spiro atoms. The minimum atomic E-state index is -0.434. The van der Waals surface area contributed by atoms with E-state index in [0.29, 0.717) is 11.5 Å². The normalized spacial score (nSPS) is 9.95. The maximum Gasteiger partial charge on any atom is 0.346 e. The van der Waals surface area contributed by atoms with Gasteiger partial charge in [-0.15, -0.1) is 5.10 Å². The summed E-state index contributed by atoms with van der Waals surface area (Å²) in [4.78, 5) is 25.3. The lowest BCUT2D eigenvalue weighted by molar-refractivity contribution is 0.216. The molecule has 0 atom stereocenters. The minimum Gasteiger partial charge on any atom is -0.373 e. The topological polar surface area (TPSA) is 91.3 Å². The smallest absolute Gasteiger partial charge is 0.346 e. The molecule has 2 aromatic rings. The Balaban J connectivity index is 2.10. The zero-order valence-electron chi connectivity index (χ0n) is 12.6. The number of amides is 3. The van der Waals surface area contributed by atoms with Gasteiger partial charge < -0.3 is 15.5 Å². The third kappa shape index (κ3) is 3.54. The quantitative estimate of drug-likeness (QED) is 0.809. The molecule has 0 aliphatic rings. The molecular formula is C14H18N6O2. The molecule has 116 valence electrons. The van der Waals surface area contributed by atoms with E-state index in [4.69, 9.17) is 0 Å². The molecule has 0 bridgehead atoms. The van der Waals surface area contributed by atoms with Crippen LogP contribution in [0.5, 0.6) is 0 Å². The molecular weight excluding hydrogens is 284 g/mol. The van der Waals surface area contributed by atoms with E-state index in [2.05, 4.69) is 21.0 Å². The Hall–Kier alpha value is -3.03. The van der Waals surface area contributed by atoms with Gasteiger partial charge in [0.1, 0.15) is 5.82 Å². The largest absolute Gasteiger partial charge is 0.373 e. The van der Waals surface area contributed by atoms with Crippen LogP contribution < -0.4 is 16.0 Å². The number of rotatable bonds is 3. The van der Waals surface area contributed by atoms with E-state index in [0.717, 1.165) is 0 Å². The average molecular weight is 302 g/mol. The number of aromatic nitrogens is 2. The number of carbonyl (C=O) groups excluding carboxylic acids is 2. The summed E-state index contributed by atoms with van der Waals surface area (Å²) < 4.78 is 1.18. The molecule has 0 fully saturated rings. The Bertz CT molecular complexity index is 665. The second kappa shape index (κ2) is 6.61. The predicted molar refractivity (Wildman–Crippen MR) is 85.3 cm³/mol. The van der Waals surface area contributed by atoms with Crippen LogP contribution in [0.1, 0.15) is 0 Å². The summed E-state index contributed by atoms with van der Waals surface area (Å²) >= 11 is 0. The number of carbonyl (C=O) groups is 2. The summed E-state index contributed by atoms with van der Waals surface area (Å²) in [5, 5.41) is 12.2. The summed E-state index contributed by atoms with van der Waals surface area (Å²) in [7, 11) is 4.92. The molecule has 8 heteroatoms. The van der Waals surface area contributed by atoms with Gasteiger partial charge in [0.2, 0.25) is 0 Å². The summed E-state index contributed by atoms with van der Waals surface area (Å²) in [5.74, 6) is 0.752. The van der Waals surface area contributed by atoms with Crippen LogP contribution in [0.25, 0.3) is 0 Å². The van der Waals surface area contributed by atoms with Crippen LogP contribution in [0.3, 0.4) is 0 Å². The first-order chi connectivity index (χ1) is 10.5. The number of urea groups is 1. The lowest BCUT2D eigenvalue weighted by atomic mass is 10.3. The van der Waals surface area contributed by atoms with Gasteiger partial charge in [-0.3, -0.25) is 5.32 Å². The van der Waals surface area contributed by atoms with Crippen molar-refractivity contribution in [1.29, 1.82) is 0 Å². The molecule has 0 aliphatic heterocycles. The fraction of sp³-hybridized carbons (Fsp3) is 0.214. The number of nitrogens with zero attached hydrogens (tertiary/aromatic N) is 3. The van der Waals surface area contributed by atoms with Crippen LogP contribution in [-0.4, -0.2) is 47.9 Å². The van der Waals surface area contributed by atoms with E-state index in [1.54, 1.807) is 39.3 Å². The van der Waals surface area contributed by atoms with Gasteiger partial charge in [0, 0.05) is 32.9 Å². The Morgan fingerprint density at radius 2 is 1.82 bits per heavy atom. The van der Waals surface area contributed by atoms with Crippen molar-refractivity contribution < 1.29 is 9.59 Å². The molecule has 1 heterocycles. The third-order valence-electron chi connectivity index (χ3n) is 2.80. The second-order valence-corrected chi connectivity index (χ2v) is 4.70. The Morgan fingerprint density at radius 3 is 2.41 bits per heavy atom. The van der Waals surface area contributed by atoms with E-state index in [1.807, 2.05) is 18.2 Å². The molecule has 22 heavy (non-hydrogen) atoms. The van der Waals surface area contributed by atoms with Gasteiger partial charge in [-0.05, 0) is 12.1 Å². The molecule has 3 N–H and O–H groups in total.